The Kier molecular flexibility index (Phi) is 4.38. The second kappa shape index (κ2) is 6.62. The molecule has 1 aromatic carbocycles. The highest BCUT2D eigenvalue weighted by Gasteiger charge is 2.09. The number of anilines is 3. The third-order valence-corrected chi connectivity index (χ3v) is 3.54. The highest BCUT2D eigenvalue weighted by molar-refractivity contribution is 9.10. The third kappa shape index (κ3) is 3.95. The molecule has 2 N–H and O–H groups in total. The van der Waals surface area contributed by atoms with Gasteiger partial charge >= 0.3 is 0 Å². The summed E-state index contributed by atoms with van der Waals surface area (Å²) in [7, 11) is 0. The molecule has 2 heterocycles. The SMILES string of the molecule is Cc1cc(Nc2cc(C(=O)Nc3ccc(Br)cc3)ccn2)no1. The van der Waals surface area contributed by atoms with Gasteiger partial charge < -0.3 is 15.2 Å². The van der Waals surface area contributed by atoms with Gasteiger partial charge in [0, 0.05) is 28.0 Å². The lowest BCUT2D eigenvalue weighted by molar-refractivity contribution is 0.102. The van der Waals surface area contributed by atoms with Gasteiger partial charge in [-0.2, -0.15) is 0 Å². The number of aryl methyl sites for hydroxylation is 1. The number of nitrogens with zero attached hydrogens (tertiary/aromatic N) is 2. The second-order valence-electron chi connectivity index (χ2n) is 4.84. The number of benzene rings is 1. The van der Waals surface area contributed by atoms with Crippen LogP contribution in [0.25, 0.3) is 0 Å². The van der Waals surface area contributed by atoms with Gasteiger partial charge in [0.15, 0.2) is 5.82 Å². The maximum Gasteiger partial charge on any atom is 0.255 e. The van der Waals surface area contributed by atoms with Crippen LogP contribution in [0.3, 0.4) is 0 Å². The van der Waals surface area contributed by atoms with Gasteiger partial charge in [-0.15, -0.1) is 0 Å². The van der Waals surface area contributed by atoms with Crippen LogP contribution in [-0.2, 0) is 0 Å². The average Bonchev–Trinajstić information content (AvgIpc) is 2.95. The van der Waals surface area contributed by atoms with Crippen LogP contribution < -0.4 is 10.6 Å². The molecule has 0 aliphatic heterocycles. The Hall–Kier alpha value is -2.67. The smallest absolute Gasteiger partial charge is 0.255 e. The number of carbonyl (C=O) groups is 1. The fraction of sp³-hybridized carbons (Fsp3) is 0.0625. The highest BCUT2D eigenvalue weighted by atomic mass is 79.9. The van der Waals surface area contributed by atoms with Gasteiger partial charge in [-0.05, 0) is 43.3 Å². The molecule has 0 saturated carbocycles. The van der Waals surface area contributed by atoms with E-state index in [1.54, 1.807) is 31.3 Å². The first-order chi connectivity index (χ1) is 11.1. The summed E-state index contributed by atoms with van der Waals surface area (Å²) in [5.41, 5.74) is 1.21. The molecule has 0 aliphatic carbocycles. The van der Waals surface area contributed by atoms with Crippen molar-refractivity contribution in [2.75, 3.05) is 10.6 Å². The quantitative estimate of drug-likeness (QED) is 0.719. The molecule has 3 rings (SSSR count). The molecular formula is C16H13BrN4O2. The number of rotatable bonds is 4. The molecule has 1 amide bonds. The molecule has 0 fully saturated rings. The first kappa shape index (κ1) is 15.2. The van der Waals surface area contributed by atoms with E-state index in [0.29, 0.717) is 23.0 Å². The number of hydrogen-bond donors (Lipinski definition) is 2. The van der Waals surface area contributed by atoms with Crippen LogP contribution in [0.4, 0.5) is 17.3 Å². The molecule has 23 heavy (non-hydrogen) atoms. The summed E-state index contributed by atoms with van der Waals surface area (Å²) in [5, 5.41) is 9.65. The van der Waals surface area contributed by atoms with Crippen molar-refractivity contribution < 1.29 is 9.32 Å². The second-order valence-corrected chi connectivity index (χ2v) is 5.75. The van der Waals surface area contributed by atoms with E-state index >= 15 is 0 Å². The Balaban J connectivity index is 1.73. The van der Waals surface area contributed by atoms with Crippen molar-refractivity contribution in [1.29, 1.82) is 0 Å². The number of carbonyl (C=O) groups excluding carboxylic acids is 1. The van der Waals surface area contributed by atoms with E-state index in [2.05, 4.69) is 36.7 Å². The largest absolute Gasteiger partial charge is 0.360 e. The summed E-state index contributed by atoms with van der Waals surface area (Å²) in [6.07, 6.45) is 1.56. The highest BCUT2D eigenvalue weighted by Crippen LogP contribution is 2.17. The lowest BCUT2D eigenvalue weighted by atomic mass is 10.2. The molecule has 7 heteroatoms. The lowest BCUT2D eigenvalue weighted by Crippen LogP contribution is -2.12. The van der Waals surface area contributed by atoms with Crippen molar-refractivity contribution in [3.05, 3.63) is 64.5 Å². The minimum atomic E-state index is -0.214. The van der Waals surface area contributed by atoms with Crippen LogP contribution >= 0.6 is 15.9 Å². The zero-order valence-corrected chi connectivity index (χ0v) is 13.8. The molecule has 3 aromatic rings. The Labute approximate surface area is 141 Å². The number of pyridine rings is 1. The Morgan fingerprint density at radius 2 is 1.91 bits per heavy atom. The summed E-state index contributed by atoms with van der Waals surface area (Å²) < 4.78 is 5.93. The van der Waals surface area contributed by atoms with Gasteiger partial charge in [0.05, 0.1) is 0 Å². The van der Waals surface area contributed by atoms with Crippen molar-refractivity contribution in [1.82, 2.24) is 10.1 Å². The minimum Gasteiger partial charge on any atom is -0.360 e. The van der Waals surface area contributed by atoms with E-state index in [1.807, 2.05) is 24.3 Å². The van der Waals surface area contributed by atoms with E-state index in [-0.39, 0.29) is 5.91 Å². The molecule has 2 aromatic heterocycles. The van der Waals surface area contributed by atoms with Gasteiger partial charge in [0.2, 0.25) is 0 Å². The fourth-order valence-electron chi connectivity index (χ4n) is 1.93. The van der Waals surface area contributed by atoms with Crippen LogP contribution in [0, 0.1) is 6.92 Å². The van der Waals surface area contributed by atoms with Gasteiger partial charge in [-0.1, -0.05) is 21.1 Å². The first-order valence-electron chi connectivity index (χ1n) is 6.83. The van der Waals surface area contributed by atoms with Gasteiger partial charge in [0.25, 0.3) is 5.91 Å². The van der Waals surface area contributed by atoms with Gasteiger partial charge in [-0.3, -0.25) is 4.79 Å². The van der Waals surface area contributed by atoms with E-state index in [9.17, 15) is 4.79 Å². The molecule has 116 valence electrons. The van der Waals surface area contributed by atoms with Crippen LogP contribution in [0.5, 0.6) is 0 Å². The van der Waals surface area contributed by atoms with Crippen LogP contribution in [0.1, 0.15) is 16.1 Å². The predicted molar refractivity (Wildman–Crippen MR) is 90.9 cm³/mol. The predicted octanol–water partition coefficient (Wildman–Crippen LogP) is 4.14. The molecule has 0 aliphatic rings. The lowest BCUT2D eigenvalue weighted by Gasteiger charge is -2.07. The minimum absolute atomic E-state index is 0.214. The fourth-order valence-corrected chi connectivity index (χ4v) is 2.20. The maximum atomic E-state index is 12.3. The molecular weight excluding hydrogens is 360 g/mol. The molecule has 0 saturated heterocycles. The average molecular weight is 373 g/mol. The number of nitrogens with one attached hydrogen (secondary N) is 2. The van der Waals surface area contributed by atoms with Crippen molar-refractivity contribution in [2.45, 2.75) is 6.92 Å². The molecule has 0 radical (unpaired) electrons. The van der Waals surface area contributed by atoms with Gasteiger partial charge in [0.1, 0.15) is 11.6 Å². The van der Waals surface area contributed by atoms with Crippen molar-refractivity contribution >= 4 is 39.2 Å². The summed E-state index contributed by atoms with van der Waals surface area (Å²) in [4.78, 5) is 16.5. The maximum absolute atomic E-state index is 12.3. The number of amides is 1. The van der Waals surface area contributed by atoms with E-state index < -0.39 is 0 Å². The molecule has 6 nitrogen and oxygen atoms in total. The van der Waals surface area contributed by atoms with Crippen molar-refractivity contribution in [3.8, 4) is 0 Å². The Morgan fingerprint density at radius 3 is 2.61 bits per heavy atom. The molecule has 0 bridgehead atoms. The van der Waals surface area contributed by atoms with E-state index in [1.165, 1.54) is 0 Å². The number of halogens is 1. The summed E-state index contributed by atoms with van der Waals surface area (Å²) in [6, 6.07) is 12.4. The van der Waals surface area contributed by atoms with Gasteiger partial charge in [-0.25, -0.2) is 4.98 Å². The summed E-state index contributed by atoms with van der Waals surface area (Å²) in [5.74, 6) is 1.54. The van der Waals surface area contributed by atoms with E-state index in [4.69, 9.17) is 4.52 Å². The Bertz CT molecular complexity index is 830. The summed E-state index contributed by atoms with van der Waals surface area (Å²) in [6.45, 7) is 1.80. The van der Waals surface area contributed by atoms with Crippen LogP contribution in [0.2, 0.25) is 0 Å². The summed E-state index contributed by atoms with van der Waals surface area (Å²) >= 11 is 3.36. The standard InChI is InChI=1S/C16H13BrN4O2/c1-10-8-15(21-23-10)20-14-9-11(6-7-18-14)16(22)19-13-4-2-12(17)3-5-13/h2-9H,1H3,(H,19,22)(H,18,20,21). The molecule has 0 spiro atoms. The van der Waals surface area contributed by atoms with Crippen molar-refractivity contribution in [3.63, 3.8) is 0 Å². The van der Waals surface area contributed by atoms with Crippen LogP contribution in [0.15, 0.2) is 57.7 Å². The van der Waals surface area contributed by atoms with Crippen LogP contribution in [-0.4, -0.2) is 16.0 Å². The number of hydrogen-bond acceptors (Lipinski definition) is 5. The zero-order chi connectivity index (χ0) is 16.2. The Morgan fingerprint density at radius 1 is 1.13 bits per heavy atom. The molecule has 0 atom stereocenters. The number of aromatic nitrogens is 2. The van der Waals surface area contributed by atoms with Crippen molar-refractivity contribution in [2.24, 2.45) is 0 Å². The topological polar surface area (TPSA) is 80.0 Å². The zero-order valence-electron chi connectivity index (χ0n) is 12.2. The molecule has 0 unspecified atom stereocenters. The monoisotopic (exact) mass is 372 g/mol. The normalized spacial score (nSPS) is 10.3. The first-order valence-corrected chi connectivity index (χ1v) is 7.63. The third-order valence-electron chi connectivity index (χ3n) is 3.01. The van der Waals surface area contributed by atoms with E-state index in [0.717, 1.165) is 10.2 Å².